The smallest absolute Gasteiger partial charge is 0.252 e. The van der Waals surface area contributed by atoms with Crippen LogP contribution in [0, 0.1) is 10.8 Å². The monoisotopic (exact) mass is 1250 g/mol. The first kappa shape index (κ1) is 62.2. The third-order valence-corrected chi connectivity index (χ3v) is 28.2. The van der Waals surface area contributed by atoms with Gasteiger partial charge in [-0.05, 0) is 172 Å². The Bertz CT molecular complexity index is 4670. The molecule has 5 heteroatoms. The average molecular weight is 1250 g/mol. The average Bonchev–Trinajstić information content (AvgIpc) is 1.61. The van der Waals surface area contributed by atoms with E-state index in [1.54, 1.807) is 0 Å². The summed E-state index contributed by atoms with van der Waals surface area (Å²) in [6, 6.07) is 102. The van der Waals surface area contributed by atoms with Crippen molar-refractivity contribution in [1.29, 1.82) is 0 Å². The molecular formula is C90H92BN3Si. The molecule has 3 aliphatic heterocycles. The molecule has 4 aliphatic rings. The summed E-state index contributed by atoms with van der Waals surface area (Å²) < 4.78 is 0. The maximum Gasteiger partial charge on any atom is 0.252 e. The molecule has 2 unspecified atom stereocenters. The lowest BCUT2D eigenvalue weighted by Crippen LogP contribution is -2.74. The van der Waals surface area contributed by atoms with Crippen molar-refractivity contribution in [3.05, 3.63) is 283 Å². The molecule has 474 valence electrons. The van der Waals surface area contributed by atoms with Crippen LogP contribution in [0.3, 0.4) is 0 Å². The van der Waals surface area contributed by atoms with Crippen LogP contribution in [0.4, 0.5) is 45.5 Å². The predicted octanol–water partition coefficient (Wildman–Crippen LogP) is 19.4. The molecule has 0 radical (unpaired) electrons. The van der Waals surface area contributed by atoms with Crippen molar-refractivity contribution in [2.45, 2.75) is 144 Å². The highest BCUT2D eigenvalue weighted by Crippen LogP contribution is 2.69. The van der Waals surface area contributed by atoms with E-state index in [-0.39, 0.29) is 39.2 Å². The topological polar surface area (TPSA) is 9.72 Å². The van der Waals surface area contributed by atoms with Gasteiger partial charge in [-0.1, -0.05) is 303 Å². The van der Waals surface area contributed by atoms with Crippen LogP contribution in [-0.2, 0) is 21.7 Å². The Morgan fingerprint density at radius 3 is 1.22 bits per heavy atom. The zero-order chi connectivity index (χ0) is 66.4. The second-order valence-corrected chi connectivity index (χ2v) is 36.7. The van der Waals surface area contributed by atoms with Gasteiger partial charge in [-0.15, -0.1) is 0 Å². The minimum absolute atomic E-state index is 0.00167. The van der Waals surface area contributed by atoms with Crippen LogP contribution in [0.2, 0.25) is 0 Å². The number of rotatable bonds is 9. The van der Waals surface area contributed by atoms with E-state index in [4.69, 9.17) is 0 Å². The number of nitrogens with zero attached hydrogens (tertiary/aromatic N) is 3. The molecule has 3 nitrogen and oxygen atoms in total. The fourth-order valence-electron chi connectivity index (χ4n) is 17.6. The molecule has 0 saturated heterocycles. The molecule has 0 bridgehead atoms. The fourth-order valence-corrected chi connectivity index (χ4v) is 22.4. The van der Waals surface area contributed by atoms with Gasteiger partial charge in [-0.3, -0.25) is 0 Å². The first-order valence-electron chi connectivity index (χ1n) is 34.8. The largest absolute Gasteiger partial charge is 0.334 e. The molecule has 11 aromatic rings. The third-order valence-electron chi connectivity index (χ3n) is 23.4. The Morgan fingerprint density at radius 2 is 0.737 bits per heavy atom. The van der Waals surface area contributed by atoms with Crippen LogP contribution < -0.4 is 51.8 Å². The van der Waals surface area contributed by atoms with Crippen LogP contribution in [0.5, 0.6) is 0 Å². The summed E-state index contributed by atoms with van der Waals surface area (Å²) in [6.45, 7) is 36.7. The van der Waals surface area contributed by atoms with Gasteiger partial charge in [0.25, 0.3) is 6.71 Å². The lowest BCUT2D eigenvalue weighted by Gasteiger charge is -2.61. The fraction of sp³-hybridized carbons (Fsp3) is 0.267. The lowest BCUT2D eigenvalue weighted by molar-refractivity contribution is -0.0311. The van der Waals surface area contributed by atoms with E-state index < -0.39 is 13.6 Å². The van der Waals surface area contributed by atoms with Crippen LogP contribution in [0.1, 0.15) is 139 Å². The summed E-state index contributed by atoms with van der Waals surface area (Å²) in [5.74, 6) is 0. The van der Waals surface area contributed by atoms with Crippen LogP contribution >= 0.6 is 0 Å². The Balaban J connectivity index is 1.09. The van der Waals surface area contributed by atoms with Crippen LogP contribution in [-0.4, -0.2) is 20.3 Å². The van der Waals surface area contributed by atoms with E-state index in [0.29, 0.717) is 0 Å². The number of para-hydroxylation sites is 1. The van der Waals surface area contributed by atoms with Crippen molar-refractivity contribution >= 4 is 97.4 Å². The molecular weight excluding hydrogens is 1160 g/mol. The third kappa shape index (κ3) is 9.70. The minimum atomic E-state index is -2.97. The van der Waals surface area contributed by atoms with Gasteiger partial charge in [0.05, 0.1) is 16.9 Å². The Kier molecular flexibility index (Phi) is 14.5. The van der Waals surface area contributed by atoms with Gasteiger partial charge in [0.2, 0.25) is 0 Å². The van der Waals surface area contributed by atoms with Crippen molar-refractivity contribution in [3.8, 4) is 22.3 Å². The van der Waals surface area contributed by atoms with E-state index in [2.05, 4.69) is 379 Å². The number of hydrogen-bond acceptors (Lipinski definition) is 3. The molecule has 0 N–H and O–H groups in total. The Hall–Kier alpha value is -8.90. The molecule has 0 aromatic heterocycles. The second-order valence-electron chi connectivity index (χ2n) is 32.9. The summed E-state index contributed by atoms with van der Waals surface area (Å²) in [7, 11) is -2.97. The summed E-state index contributed by atoms with van der Waals surface area (Å²) >= 11 is 0. The minimum Gasteiger partial charge on any atom is -0.334 e. The summed E-state index contributed by atoms with van der Waals surface area (Å²) in [5, 5.41) is 5.58. The van der Waals surface area contributed by atoms with Gasteiger partial charge < -0.3 is 14.7 Å². The molecule has 2 atom stereocenters. The maximum atomic E-state index is 2.89. The summed E-state index contributed by atoms with van der Waals surface area (Å²) in [4.78, 5) is 8.30. The van der Waals surface area contributed by atoms with E-state index in [9.17, 15) is 0 Å². The first-order valence-corrected chi connectivity index (χ1v) is 36.8. The quantitative estimate of drug-likeness (QED) is 0.105. The Labute approximate surface area is 568 Å². The molecule has 3 heterocycles. The van der Waals surface area contributed by atoms with Crippen molar-refractivity contribution in [2.24, 2.45) is 10.8 Å². The van der Waals surface area contributed by atoms with E-state index in [1.165, 1.54) is 127 Å². The summed E-state index contributed by atoms with van der Waals surface area (Å²) in [5.41, 5.74) is 22.8. The van der Waals surface area contributed by atoms with E-state index in [1.807, 2.05) is 0 Å². The molecule has 0 spiro atoms. The number of benzene rings is 11. The van der Waals surface area contributed by atoms with Gasteiger partial charge in [0, 0.05) is 50.7 Å². The van der Waals surface area contributed by atoms with Crippen molar-refractivity contribution < 1.29 is 0 Å². The highest BCUT2D eigenvalue weighted by molar-refractivity contribution is 7.20. The predicted molar refractivity (Wildman–Crippen MR) is 412 cm³/mol. The van der Waals surface area contributed by atoms with Crippen molar-refractivity contribution in [1.82, 2.24) is 0 Å². The number of anilines is 8. The lowest BCUT2D eigenvalue weighted by atomic mass is 9.33. The molecule has 1 saturated carbocycles. The molecule has 15 rings (SSSR count). The van der Waals surface area contributed by atoms with Gasteiger partial charge in [-0.25, -0.2) is 0 Å². The van der Waals surface area contributed by atoms with Crippen LogP contribution in [0.15, 0.2) is 261 Å². The van der Waals surface area contributed by atoms with Gasteiger partial charge in [-0.2, -0.15) is 0 Å². The second kappa shape index (κ2) is 22.1. The zero-order valence-electron chi connectivity index (χ0n) is 58.7. The highest BCUT2D eigenvalue weighted by Gasteiger charge is 2.66. The first-order chi connectivity index (χ1) is 45.2. The number of fused-ring (bicyclic) bond motifs is 7. The molecule has 1 aliphatic carbocycles. The van der Waals surface area contributed by atoms with E-state index >= 15 is 0 Å². The number of hydrogen-bond donors (Lipinski definition) is 0. The van der Waals surface area contributed by atoms with Gasteiger partial charge in [0.1, 0.15) is 0 Å². The molecule has 95 heavy (non-hydrogen) atoms. The standard InChI is InChI=1S/C90H92BN3Si/c1-84(2,3)63-46-50-76(71(53-63)61-33-21-16-22-34-61)92-79-44-32-31-43-74(79)91-75-49-45-65(86(7,8)9)55-80(75)93(77-51-47-64(85(4,5)6)54-72(77)62-35-23-17-24-36-62)82-57-66(56-81(92)83(82)91)94-78-52-48-70(58-73(78)89(14)59-87(10,11)88(12,13)60-90(89,94)15)95(67-37-25-18-26-38-67,68-39-27-19-28-40-68)69-41-29-20-30-42-69/h16-58H,59-60H2,1-15H3. The molecule has 0 amide bonds. The van der Waals surface area contributed by atoms with Gasteiger partial charge in [0.15, 0.2) is 8.07 Å². The summed E-state index contributed by atoms with van der Waals surface area (Å²) in [6.07, 6.45) is 2.00. The van der Waals surface area contributed by atoms with Crippen molar-refractivity contribution in [2.75, 3.05) is 14.7 Å². The van der Waals surface area contributed by atoms with Crippen LogP contribution in [0.25, 0.3) is 22.3 Å². The molecule has 1 fully saturated rings. The zero-order valence-corrected chi connectivity index (χ0v) is 59.7. The van der Waals surface area contributed by atoms with Gasteiger partial charge >= 0.3 is 0 Å². The van der Waals surface area contributed by atoms with E-state index in [0.717, 1.165) is 12.8 Å². The normalized spacial score (nSPS) is 18.6. The maximum absolute atomic E-state index is 2.97. The molecule has 11 aromatic carbocycles. The van der Waals surface area contributed by atoms with Crippen molar-refractivity contribution in [3.63, 3.8) is 0 Å². The SMILES string of the molecule is CC(C)(C)c1ccc(N2c3ccccc3B3c4ccc(C(C)(C)C)cc4N(c4ccc(C(C)(C)C)cc4-c4ccccc4)c4cc(N5c6ccc([Si](c7ccccc7)(c7ccccc7)c7ccccc7)cc6C6(C)CC(C)(C)C(C)(C)CC56C)cc2c43)c(-c2ccccc2)c1. The Morgan fingerprint density at radius 1 is 0.337 bits per heavy atom. The highest BCUT2D eigenvalue weighted by atomic mass is 28.3.